The van der Waals surface area contributed by atoms with Gasteiger partial charge in [-0.05, 0) is 55.5 Å². The van der Waals surface area contributed by atoms with E-state index in [1.54, 1.807) is 30.3 Å². The molecule has 3 aromatic rings. The number of amides is 1. The first-order valence-electron chi connectivity index (χ1n) is 8.27. The van der Waals surface area contributed by atoms with Gasteiger partial charge in [-0.3, -0.25) is 4.79 Å². The summed E-state index contributed by atoms with van der Waals surface area (Å²) in [5.74, 6) is -1.03. The Morgan fingerprint density at radius 2 is 1.78 bits per heavy atom. The molecule has 138 valence electrons. The van der Waals surface area contributed by atoms with E-state index in [-0.39, 0.29) is 17.3 Å². The summed E-state index contributed by atoms with van der Waals surface area (Å²) in [6, 6.07) is 13.3. The number of nitrogens with one attached hydrogen (secondary N) is 2. The van der Waals surface area contributed by atoms with Crippen LogP contribution in [-0.2, 0) is 0 Å². The Hall–Kier alpha value is -3.48. The molecule has 0 bridgehead atoms. The second kappa shape index (κ2) is 8.27. The van der Waals surface area contributed by atoms with Crippen LogP contribution < -0.4 is 15.4 Å². The third-order valence-electron chi connectivity index (χ3n) is 3.63. The van der Waals surface area contributed by atoms with Gasteiger partial charge in [-0.15, -0.1) is 0 Å². The van der Waals surface area contributed by atoms with Crippen molar-refractivity contribution >= 4 is 23.0 Å². The molecule has 0 spiro atoms. The van der Waals surface area contributed by atoms with Crippen molar-refractivity contribution in [3.8, 4) is 5.75 Å². The summed E-state index contributed by atoms with van der Waals surface area (Å²) in [4.78, 5) is 16.3. The van der Waals surface area contributed by atoms with Crippen molar-refractivity contribution in [1.29, 1.82) is 0 Å². The fourth-order valence-electron chi connectivity index (χ4n) is 2.34. The maximum atomic E-state index is 13.7. The van der Waals surface area contributed by atoms with Crippen LogP contribution in [0.15, 0.2) is 60.8 Å². The van der Waals surface area contributed by atoms with E-state index in [2.05, 4.69) is 15.6 Å². The van der Waals surface area contributed by atoms with Crippen molar-refractivity contribution in [2.24, 2.45) is 0 Å². The maximum Gasteiger partial charge on any atom is 0.274 e. The van der Waals surface area contributed by atoms with E-state index >= 15 is 0 Å². The van der Waals surface area contributed by atoms with Gasteiger partial charge in [-0.2, -0.15) is 0 Å². The Labute approximate surface area is 155 Å². The zero-order chi connectivity index (χ0) is 19.2. The number of carbonyl (C=O) groups excluding carboxylic acids is 1. The van der Waals surface area contributed by atoms with Crippen molar-refractivity contribution in [3.05, 3.63) is 78.1 Å². The number of rotatable bonds is 6. The quantitative estimate of drug-likeness (QED) is 0.658. The monoisotopic (exact) mass is 369 g/mol. The standard InChI is InChI=1S/C20H17F2N3O2/c1-2-27-16-7-4-14(5-8-16)25-20(26)19-10-6-15(12-23-19)24-18-9-3-13(21)11-17(18)22/h3-12,24H,2H2,1H3,(H,25,26). The van der Waals surface area contributed by atoms with Gasteiger partial charge in [0.1, 0.15) is 23.1 Å². The second-order valence-corrected chi connectivity index (χ2v) is 5.59. The van der Waals surface area contributed by atoms with Crippen LogP contribution in [0.4, 0.5) is 25.8 Å². The molecule has 0 aliphatic rings. The Morgan fingerprint density at radius 3 is 2.41 bits per heavy atom. The molecule has 7 heteroatoms. The van der Waals surface area contributed by atoms with E-state index in [4.69, 9.17) is 4.74 Å². The highest BCUT2D eigenvalue weighted by Crippen LogP contribution is 2.21. The summed E-state index contributed by atoms with van der Waals surface area (Å²) in [5.41, 5.74) is 1.40. The molecule has 0 unspecified atom stereocenters. The third kappa shape index (κ3) is 4.78. The lowest BCUT2D eigenvalue weighted by Crippen LogP contribution is -2.13. The highest BCUT2D eigenvalue weighted by molar-refractivity contribution is 6.03. The Morgan fingerprint density at radius 1 is 1.04 bits per heavy atom. The third-order valence-corrected chi connectivity index (χ3v) is 3.63. The van der Waals surface area contributed by atoms with Crippen molar-refractivity contribution < 1.29 is 18.3 Å². The van der Waals surface area contributed by atoms with E-state index in [0.717, 1.165) is 17.9 Å². The summed E-state index contributed by atoms with van der Waals surface area (Å²) in [6.07, 6.45) is 1.40. The van der Waals surface area contributed by atoms with Gasteiger partial charge in [-0.25, -0.2) is 13.8 Å². The Kier molecular flexibility index (Phi) is 5.61. The first kappa shape index (κ1) is 18.3. The lowest BCUT2D eigenvalue weighted by atomic mass is 10.2. The van der Waals surface area contributed by atoms with E-state index in [1.165, 1.54) is 18.3 Å². The molecule has 3 rings (SSSR count). The highest BCUT2D eigenvalue weighted by Gasteiger charge is 2.09. The molecule has 2 N–H and O–H groups in total. The van der Waals surface area contributed by atoms with E-state index in [1.807, 2.05) is 6.92 Å². The van der Waals surface area contributed by atoms with Gasteiger partial charge in [0.2, 0.25) is 0 Å². The first-order chi connectivity index (χ1) is 13.0. The van der Waals surface area contributed by atoms with Crippen molar-refractivity contribution in [2.75, 3.05) is 17.2 Å². The number of nitrogens with zero attached hydrogens (tertiary/aromatic N) is 1. The van der Waals surface area contributed by atoms with Crippen molar-refractivity contribution in [1.82, 2.24) is 4.98 Å². The number of pyridine rings is 1. The number of benzene rings is 2. The zero-order valence-corrected chi connectivity index (χ0v) is 14.5. The smallest absolute Gasteiger partial charge is 0.274 e. The van der Waals surface area contributed by atoms with Crippen LogP contribution in [-0.4, -0.2) is 17.5 Å². The minimum absolute atomic E-state index is 0.116. The predicted molar refractivity (Wildman–Crippen MR) is 99.4 cm³/mol. The number of aromatic nitrogens is 1. The summed E-state index contributed by atoms with van der Waals surface area (Å²) < 4.78 is 32.0. The van der Waals surface area contributed by atoms with Crippen LogP contribution in [0.3, 0.4) is 0 Å². The molecule has 0 fully saturated rings. The molecular weight excluding hydrogens is 352 g/mol. The van der Waals surface area contributed by atoms with Gasteiger partial charge in [0.25, 0.3) is 5.91 Å². The molecule has 0 atom stereocenters. The Bertz CT molecular complexity index is 929. The maximum absolute atomic E-state index is 13.7. The average Bonchev–Trinajstić information content (AvgIpc) is 2.66. The molecule has 0 aliphatic carbocycles. The Balaban J connectivity index is 1.64. The number of hydrogen-bond acceptors (Lipinski definition) is 4. The SMILES string of the molecule is CCOc1ccc(NC(=O)c2ccc(Nc3ccc(F)cc3F)cn2)cc1. The molecule has 1 heterocycles. The minimum Gasteiger partial charge on any atom is -0.494 e. The number of anilines is 3. The van der Waals surface area contributed by atoms with Crippen LogP contribution in [0.1, 0.15) is 17.4 Å². The zero-order valence-electron chi connectivity index (χ0n) is 14.5. The fourth-order valence-corrected chi connectivity index (χ4v) is 2.34. The molecule has 0 saturated heterocycles. The van der Waals surface area contributed by atoms with Crippen LogP contribution in [0.2, 0.25) is 0 Å². The molecular formula is C20H17F2N3O2. The predicted octanol–water partition coefficient (Wildman–Crippen LogP) is 4.75. The number of halogens is 2. The number of carbonyl (C=O) groups is 1. The largest absolute Gasteiger partial charge is 0.494 e. The van der Waals surface area contributed by atoms with Gasteiger partial charge < -0.3 is 15.4 Å². The lowest BCUT2D eigenvalue weighted by Gasteiger charge is -2.09. The molecule has 0 aliphatic heterocycles. The number of ether oxygens (including phenoxy) is 1. The average molecular weight is 369 g/mol. The minimum atomic E-state index is -0.715. The van der Waals surface area contributed by atoms with Gasteiger partial charge in [0, 0.05) is 11.8 Å². The summed E-state index contributed by atoms with van der Waals surface area (Å²) >= 11 is 0. The van der Waals surface area contributed by atoms with Gasteiger partial charge in [0.15, 0.2) is 0 Å². The molecule has 1 amide bonds. The van der Waals surface area contributed by atoms with E-state index < -0.39 is 11.6 Å². The van der Waals surface area contributed by atoms with Crippen LogP contribution in [0.5, 0.6) is 5.75 Å². The molecule has 0 saturated carbocycles. The first-order valence-corrected chi connectivity index (χ1v) is 8.27. The molecule has 0 radical (unpaired) electrons. The van der Waals surface area contributed by atoms with Gasteiger partial charge in [-0.1, -0.05) is 0 Å². The molecule has 5 nitrogen and oxygen atoms in total. The summed E-state index contributed by atoms with van der Waals surface area (Å²) in [7, 11) is 0. The van der Waals surface area contributed by atoms with E-state index in [9.17, 15) is 13.6 Å². The van der Waals surface area contributed by atoms with Crippen LogP contribution in [0.25, 0.3) is 0 Å². The second-order valence-electron chi connectivity index (χ2n) is 5.59. The van der Waals surface area contributed by atoms with E-state index in [0.29, 0.717) is 18.0 Å². The van der Waals surface area contributed by atoms with Crippen molar-refractivity contribution in [3.63, 3.8) is 0 Å². The highest BCUT2D eigenvalue weighted by atomic mass is 19.1. The molecule has 27 heavy (non-hydrogen) atoms. The van der Waals surface area contributed by atoms with Gasteiger partial charge in [0.05, 0.1) is 24.2 Å². The summed E-state index contributed by atoms with van der Waals surface area (Å²) in [6.45, 7) is 2.46. The van der Waals surface area contributed by atoms with Gasteiger partial charge >= 0.3 is 0 Å². The topological polar surface area (TPSA) is 63.2 Å². The van der Waals surface area contributed by atoms with Crippen molar-refractivity contribution in [2.45, 2.75) is 6.92 Å². The molecule has 1 aromatic heterocycles. The number of hydrogen-bond donors (Lipinski definition) is 2. The van der Waals surface area contributed by atoms with Crippen LogP contribution >= 0.6 is 0 Å². The van der Waals surface area contributed by atoms with Crippen LogP contribution in [0, 0.1) is 11.6 Å². The fraction of sp³-hybridized carbons (Fsp3) is 0.100. The lowest BCUT2D eigenvalue weighted by molar-refractivity contribution is 0.102. The summed E-state index contributed by atoms with van der Waals surface area (Å²) in [5, 5.41) is 5.52. The normalized spacial score (nSPS) is 10.3. The molecule has 2 aromatic carbocycles.